The van der Waals surface area contributed by atoms with E-state index >= 15 is 0 Å². The zero-order chi connectivity index (χ0) is 13.8. The molecular formula is C15H16BrFN2. The normalized spacial score (nSPS) is 12.4. The summed E-state index contributed by atoms with van der Waals surface area (Å²) in [5.41, 5.74) is 2.82. The Bertz CT molecular complexity index is 572. The second-order valence-corrected chi connectivity index (χ2v) is 5.50. The van der Waals surface area contributed by atoms with Crippen LogP contribution in [0, 0.1) is 12.7 Å². The summed E-state index contributed by atoms with van der Waals surface area (Å²) in [4.78, 5) is 4.14. The lowest BCUT2D eigenvalue weighted by atomic mass is 9.98. The maximum Gasteiger partial charge on any atom is 0.128 e. The van der Waals surface area contributed by atoms with Crippen LogP contribution in [0.4, 0.5) is 4.39 Å². The van der Waals surface area contributed by atoms with Gasteiger partial charge in [0.25, 0.3) is 0 Å². The first-order valence-electron chi connectivity index (χ1n) is 6.13. The van der Waals surface area contributed by atoms with E-state index < -0.39 is 0 Å². The maximum atomic E-state index is 13.9. The molecular weight excluding hydrogens is 307 g/mol. The number of nitrogens with one attached hydrogen (secondary N) is 1. The number of likely N-dealkylation sites (N-methyl/N-ethyl adjacent to an activating group) is 1. The van der Waals surface area contributed by atoms with Gasteiger partial charge in [-0.1, -0.05) is 17.7 Å². The van der Waals surface area contributed by atoms with E-state index in [4.69, 9.17) is 0 Å². The minimum Gasteiger partial charge on any atom is -0.313 e. The lowest BCUT2D eigenvalue weighted by Gasteiger charge is -2.18. The van der Waals surface area contributed by atoms with Gasteiger partial charge < -0.3 is 5.32 Å². The van der Waals surface area contributed by atoms with Crippen molar-refractivity contribution in [1.29, 1.82) is 0 Å². The van der Waals surface area contributed by atoms with Crippen molar-refractivity contribution in [3.63, 3.8) is 0 Å². The molecule has 0 aliphatic rings. The summed E-state index contributed by atoms with van der Waals surface area (Å²) in [6, 6.07) is 7.14. The molecule has 1 N–H and O–H groups in total. The van der Waals surface area contributed by atoms with Gasteiger partial charge in [-0.25, -0.2) is 4.39 Å². The lowest BCUT2D eigenvalue weighted by molar-refractivity contribution is 0.533. The summed E-state index contributed by atoms with van der Waals surface area (Å²) in [6.45, 7) is 1.97. The van der Waals surface area contributed by atoms with E-state index in [0.717, 1.165) is 15.6 Å². The van der Waals surface area contributed by atoms with Gasteiger partial charge in [0.05, 0.1) is 0 Å². The topological polar surface area (TPSA) is 24.9 Å². The molecule has 0 amide bonds. The van der Waals surface area contributed by atoms with Crippen LogP contribution >= 0.6 is 15.9 Å². The van der Waals surface area contributed by atoms with Crippen molar-refractivity contribution in [3.8, 4) is 0 Å². The van der Waals surface area contributed by atoms with Crippen molar-refractivity contribution in [2.45, 2.75) is 19.4 Å². The molecule has 2 rings (SSSR count). The van der Waals surface area contributed by atoms with Crippen molar-refractivity contribution in [1.82, 2.24) is 10.3 Å². The number of benzene rings is 1. The summed E-state index contributed by atoms with van der Waals surface area (Å²) in [5.74, 6) is -0.173. The summed E-state index contributed by atoms with van der Waals surface area (Å²) in [7, 11) is 1.85. The summed E-state index contributed by atoms with van der Waals surface area (Å²) in [5, 5.41) is 3.17. The molecule has 0 radical (unpaired) electrons. The van der Waals surface area contributed by atoms with Crippen LogP contribution in [0.5, 0.6) is 0 Å². The van der Waals surface area contributed by atoms with Crippen LogP contribution in [0.25, 0.3) is 0 Å². The van der Waals surface area contributed by atoms with Gasteiger partial charge in [0.15, 0.2) is 0 Å². The standard InChI is InChI=1S/C15H16BrFN2/c1-10-3-4-14(17)13(5-10)15(18-2)7-11-6-12(16)9-19-8-11/h3-6,8-9,15,18H,7H2,1-2H3. The van der Waals surface area contributed by atoms with Crippen molar-refractivity contribution >= 4 is 15.9 Å². The fourth-order valence-electron chi connectivity index (χ4n) is 2.10. The number of nitrogens with zero attached hydrogens (tertiary/aromatic N) is 1. The monoisotopic (exact) mass is 322 g/mol. The van der Waals surface area contributed by atoms with Gasteiger partial charge in [-0.15, -0.1) is 0 Å². The van der Waals surface area contributed by atoms with E-state index in [0.29, 0.717) is 12.0 Å². The Labute approximate surface area is 121 Å². The molecule has 100 valence electrons. The highest BCUT2D eigenvalue weighted by Gasteiger charge is 2.15. The van der Waals surface area contributed by atoms with Crippen LogP contribution in [0.1, 0.15) is 22.7 Å². The first kappa shape index (κ1) is 14.2. The molecule has 2 nitrogen and oxygen atoms in total. The molecule has 2 aromatic rings. The van der Waals surface area contributed by atoms with E-state index in [1.54, 1.807) is 12.3 Å². The molecule has 0 bridgehead atoms. The average molecular weight is 323 g/mol. The van der Waals surface area contributed by atoms with E-state index in [2.05, 4.69) is 26.2 Å². The molecule has 0 aliphatic carbocycles. The number of halogens is 2. The van der Waals surface area contributed by atoms with Gasteiger partial charge in [0, 0.05) is 28.5 Å². The first-order valence-corrected chi connectivity index (χ1v) is 6.92. The molecule has 0 saturated carbocycles. The Balaban J connectivity index is 2.27. The molecule has 1 unspecified atom stereocenters. The number of aromatic nitrogens is 1. The van der Waals surface area contributed by atoms with E-state index in [1.807, 2.05) is 32.3 Å². The predicted molar refractivity (Wildman–Crippen MR) is 78.6 cm³/mol. The Hall–Kier alpha value is -1.26. The number of hydrogen-bond donors (Lipinski definition) is 1. The SMILES string of the molecule is CNC(Cc1cncc(Br)c1)c1cc(C)ccc1F. The van der Waals surface area contributed by atoms with Gasteiger partial charge in [-0.05, 0) is 54.0 Å². The second-order valence-electron chi connectivity index (χ2n) is 4.58. The van der Waals surface area contributed by atoms with E-state index in [9.17, 15) is 4.39 Å². The van der Waals surface area contributed by atoms with E-state index in [1.165, 1.54) is 6.07 Å². The average Bonchev–Trinajstić information content (AvgIpc) is 2.39. The zero-order valence-electron chi connectivity index (χ0n) is 11.0. The third-order valence-electron chi connectivity index (χ3n) is 3.08. The fraction of sp³-hybridized carbons (Fsp3) is 0.267. The lowest BCUT2D eigenvalue weighted by Crippen LogP contribution is -2.20. The predicted octanol–water partition coefficient (Wildman–Crippen LogP) is 3.79. The quantitative estimate of drug-likeness (QED) is 0.926. The largest absolute Gasteiger partial charge is 0.313 e. The van der Waals surface area contributed by atoms with Crippen LogP contribution in [0.2, 0.25) is 0 Å². The smallest absolute Gasteiger partial charge is 0.128 e. The van der Waals surface area contributed by atoms with Crippen LogP contribution < -0.4 is 5.32 Å². The Morgan fingerprint density at radius 2 is 2.11 bits per heavy atom. The Morgan fingerprint density at radius 3 is 2.79 bits per heavy atom. The van der Waals surface area contributed by atoms with Crippen molar-refractivity contribution in [2.75, 3.05) is 7.05 Å². The van der Waals surface area contributed by atoms with Crippen molar-refractivity contribution < 1.29 is 4.39 Å². The molecule has 1 aromatic heterocycles. The zero-order valence-corrected chi connectivity index (χ0v) is 12.5. The number of rotatable bonds is 4. The summed E-state index contributed by atoms with van der Waals surface area (Å²) in [6.07, 6.45) is 4.25. The van der Waals surface area contributed by atoms with Crippen molar-refractivity contribution in [2.24, 2.45) is 0 Å². The number of aryl methyl sites for hydroxylation is 1. The van der Waals surface area contributed by atoms with Crippen LogP contribution in [0.15, 0.2) is 41.1 Å². The minimum absolute atomic E-state index is 0.0593. The first-order chi connectivity index (χ1) is 9.10. The van der Waals surface area contributed by atoms with Gasteiger partial charge in [-0.2, -0.15) is 0 Å². The molecule has 19 heavy (non-hydrogen) atoms. The van der Waals surface area contributed by atoms with Crippen LogP contribution in [-0.4, -0.2) is 12.0 Å². The molecule has 0 spiro atoms. The molecule has 1 aromatic carbocycles. The number of pyridine rings is 1. The Kier molecular flexibility index (Phi) is 4.66. The Morgan fingerprint density at radius 1 is 1.32 bits per heavy atom. The molecule has 0 fully saturated rings. The maximum absolute atomic E-state index is 13.9. The van der Waals surface area contributed by atoms with Gasteiger partial charge in [0.1, 0.15) is 5.82 Å². The van der Waals surface area contributed by atoms with Gasteiger partial charge >= 0.3 is 0 Å². The van der Waals surface area contributed by atoms with Gasteiger partial charge in [-0.3, -0.25) is 4.98 Å². The third kappa shape index (κ3) is 3.61. The fourth-order valence-corrected chi connectivity index (χ4v) is 2.51. The molecule has 1 atom stereocenters. The van der Waals surface area contributed by atoms with E-state index in [-0.39, 0.29) is 11.9 Å². The van der Waals surface area contributed by atoms with Crippen molar-refractivity contribution in [3.05, 3.63) is 63.6 Å². The minimum atomic E-state index is -0.173. The number of hydrogen-bond acceptors (Lipinski definition) is 2. The highest BCUT2D eigenvalue weighted by atomic mass is 79.9. The second kappa shape index (κ2) is 6.26. The summed E-state index contributed by atoms with van der Waals surface area (Å²) >= 11 is 3.40. The summed E-state index contributed by atoms with van der Waals surface area (Å²) < 4.78 is 14.9. The van der Waals surface area contributed by atoms with Crippen LogP contribution in [0.3, 0.4) is 0 Å². The highest BCUT2D eigenvalue weighted by Crippen LogP contribution is 2.23. The molecule has 1 heterocycles. The van der Waals surface area contributed by atoms with Gasteiger partial charge in [0.2, 0.25) is 0 Å². The third-order valence-corrected chi connectivity index (χ3v) is 3.51. The van der Waals surface area contributed by atoms with Crippen LogP contribution in [-0.2, 0) is 6.42 Å². The molecule has 4 heteroatoms. The molecule has 0 saturated heterocycles. The highest BCUT2D eigenvalue weighted by molar-refractivity contribution is 9.10. The molecule has 0 aliphatic heterocycles.